The Morgan fingerprint density at radius 1 is 1.11 bits per heavy atom. The molecule has 150 valence electrons. The number of anilines is 1. The minimum atomic E-state index is -4.47. The van der Waals surface area contributed by atoms with E-state index in [1.165, 1.54) is 20.0 Å². The minimum absolute atomic E-state index is 0. The van der Waals surface area contributed by atoms with E-state index in [2.05, 4.69) is 20.3 Å². The summed E-state index contributed by atoms with van der Waals surface area (Å²) in [4.78, 5) is 25.0. The van der Waals surface area contributed by atoms with E-state index in [4.69, 9.17) is 0 Å². The number of aromatic nitrogens is 3. The zero-order chi connectivity index (χ0) is 20.4. The first-order chi connectivity index (χ1) is 13.1. The quantitative estimate of drug-likeness (QED) is 0.684. The van der Waals surface area contributed by atoms with Crippen molar-refractivity contribution in [2.75, 3.05) is 11.9 Å². The molecule has 9 heteroatoms. The van der Waals surface area contributed by atoms with Crippen LogP contribution in [0.1, 0.15) is 16.7 Å². The number of hydrogen-bond donors (Lipinski definition) is 2. The Morgan fingerprint density at radius 3 is 2.64 bits per heavy atom. The highest BCUT2D eigenvalue weighted by Crippen LogP contribution is 2.22. The molecule has 0 radical (unpaired) electrons. The summed E-state index contributed by atoms with van der Waals surface area (Å²) in [5.74, 6) is -0.0486. The molecule has 3 rings (SSSR count). The highest BCUT2D eigenvalue weighted by Gasteiger charge is 2.33. The monoisotopic (exact) mass is 393 g/mol. The third-order valence-corrected chi connectivity index (χ3v) is 3.97. The molecule has 0 aliphatic heterocycles. The van der Waals surface area contributed by atoms with Gasteiger partial charge in [-0.1, -0.05) is 6.07 Å². The Balaban J connectivity index is 0.00000225. The first-order valence-corrected chi connectivity index (χ1v) is 8.45. The summed E-state index contributed by atoms with van der Waals surface area (Å²) in [6.07, 6.45) is -1.25. The number of amides is 1. The van der Waals surface area contributed by atoms with Crippen molar-refractivity contribution in [3.8, 4) is 11.4 Å². The van der Waals surface area contributed by atoms with Gasteiger partial charge in [0.05, 0.1) is 5.52 Å². The van der Waals surface area contributed by atoms with Crippen LogP contribution < -0.4 is 10.6 Å². The summed E-state index contributed by atoms with van der Waals surface area (Å²) in [6.45, 7) is 1.56. The molecule has 0 fully saturated rings. The fraction of sp³-hybridized carbons (Fsp3) is 0.263. The van der Waals surface area contributed by atoms with Gasteiger partial charge in [-0.25, -0.2) is 9.97 Å². The third-order valence-electron chi connectivity index (χ3n) is 3.97. The van der Waals surface area contributed by atoms with Crippen molar-refractivity contribution in [1.29, 1.82) is 0 Å². The smallest absolute Gasteiger partial charge is 0.356 e. The topological polar surface area (TPSA) is 79.8 Å². The lowest BCUT2D eigenvalue weighted by atomic mass is 10.0. The van der Waals surface area contributed by atoms with E-state index < -0.39 is 24.2 Å². The van der Waals surface area contributed by atoms with Gasteiger partial charge in [0.25, 0.3) is 0 Å². The number of fused-ring (bicyclic) bond motifs is 1. The Labute approximate surface area is 162 Å². The lowest BCUT2D eigenvalue weighted by molar-refractivity contribution is -0.140. The van der Waals surface area contributed by atoms with Crippen LogP contribution in [-0.4, -0.2) is 39.1 Å². The summed E-state index contributed by atoms with van der Waals surface area (Å²) < 4.78 is 37.0. The Hall–Kier alpha value is -3.23. The van der Waals surface area contributed by atoms with Crippen molar-refractivity contribution >= 4 is 22.6 Å². The molecule has 0 unspecified atom stereocenters. The molecule has 0 saturated heterocycles. The second-order valence-corrected chi connectivity index (χ2v) is 6.72. The molecular formula is C19H22F3N5O. The number of carbonyl (C=O) groups excluding carboxylic acids is 1. The van der Waals surface area contributed by atoms with Gasteiger partial charge in [-0.3, -0.25) is 9.78 Å². The minimum Gasteiger partial charge on any atom is -0.356 e. The number of hydrogen-bond acceptors (Lipinski definition) is 5. The summed E-state index contributed by atoms with van der Waals surface area (Å²) in [5, 5.41) is 5.66. The van der Waals surface area contributed by atoms with Crippen LogP contribution in [0.5, 0.6) is 0 Å². The van der Waals surface area contributed by atoms with Gasteiger partial charge in [-0.15, -0.1) is 0 Å². The largest absolute Gasteiger partial charge is 0.405 e. The van der Waals surface area contributed by atoms with Gasteiger partial charge in [0, 0.05) is 26.2 Å². The molecule has 0 aliphatic carbocycles. The molecule has 2 aromatic heterocycles. The SMILES string of the molecule is CC(C)(Nc1ccnc(-c2ccc3ncccc3c2)n1)C(=O)NCC(F)(F)F.[HH].[HH]. The van der Waals surface area contributed by atoms with Gasteiger partial charge in [0.2, 0.25) is 5.91 Å². The van der Waals surface area contributed by atoms with Crippen LogP contribution >= 0.6 is 0 Å². The molecule has 0 bridgehead atoms. The zero-order valence-corrected chi connectivity index (χ0v) is 15.2. The van der Waals surface area contributed by atoms with Crippen molar-refractivity contribution in [2.24, 2.45) is 0 Å². The molecule has 28 heavy (non-hydrogen) atoms. The van der Waals surface area contributed by atoms with Crippen LogP contribution in [0.3, 0.4) is 0 Å². The summed E-state index contributed by atoms with van der Waals surface area (Å²) in [5.41, 5.74) is 0.288. The van der Waals surface area contributed by atoms with Gasteiger partial charge >= 0.3 is 6.18 Å². The van der Waals surface area contributed by atoms with Crippen molar-refractivity contribution in [2.45, 2.75) is 25.6 Å². The fourth-order valence-electron chi connectivity index (χ4n) is 2.56. The van der Waals surface area contributed by atoms with Crippen LogP contribution in [0.4, 0.5) is 19.0 Å². The van der Waals surface area contributed by atoms with Crippen LogP contribution in [-0.2, 0) is 4.79 Å². The van der Waals surface area contributed by atoms with Crippen molar-refractivity contribution in [3.63, 3.8) is 0 Å². The maximum Gasteiger partial charge on any atom is 0.405 e. The predicted molar refractivity (Wildman–Crippen MR) is 104 cm³/mol. The molecule has 0 saturated carbocycles. The Kier molecular flexibility index (Phi) is 5.17. The highest BCUT2D eigenvalue weighted by atomic mass is 19.4. The number of carbonyl (C=O) groups is 1. The van der Waals surface area contributed by atoms with E-state index in [9.17, 15) is 18.0 Å². The molecule has 2 N–H and O–H groups in total. The molecule has 0 aliphatic rings. The summed E-state index contributed by atoms with van der Waals surface area (Å²) >= 11 is 0. The molecule has 1 aromatic carbocycles. The number of rotatable bonds is 5. The number of alkyl halides is 3. The van der Waals surface area contributed by atoms with Crippen LogP contribution in [0.25, 0.3) is 22.3 Å². The molecule has 3 aromatic rings. The second-order valence-electron chi connectivity index (χ2n) is 6.72. The van der Waals surface area contributed by atoms with Crippen molar-refractivity contribution in [3.05, 3.63) is 48.8 Å². The molecule has 0 atom stereocenters. The van der Waals surface area contributed by atoms with Gasteiger partial charge < -0.3 is 10.6 Å². The van der Waals surface area contributed by atoms with E-state index in [0.29, 0.717) is 11.6 Å². The average molecular weight is 393 g/mol. The first kappa shape index (κ1) is 19.5. The van der Waals surface area contributed by atoms with Crippen molar-refractivity contribution < 1.29 is 20.8 Å². The Bertz CT molecular complexity index is 1010. The first-order valence-electron chi connectivity index (χ1n) is 8.45. The lowest BCUT2D eigenvalue weighted by Crippen LogP contribution is -2.50. The molecular weight excluding hydrogens is 371 g/mol. The van der Waals surface area contributed by atoms with E-state index in [-0.39, 0.29) is 2.85 Å². The molecule has 1 amide bonds. The van der Waals surface area contributed by atoms with Crippen LogP contribution in [0.2, 0.25) is 0 Å². The molecule has 2 heterocycles. The van der Waals surface area contributed by atoms with Crippen LogP contribution in [0, 0.1) is 0 Å². The average Bonchev–Trinajstić information content (AvgIpc) is 2.65. The third kappa shape index (κ3) is 4.73. The fourth-order valence-corrected chi connectivity index (χ4v) is 2.56. The number of nitrogens with one attached hydrogen (secondary N) is 2. The summed E-state index contributed by atoms with van der Waals surface area (Å²) in [6, 6.07) is 10.9. The normalized spacial score (nSPS) is 12.0. The molecule has 0 spiro atoms. The van der Waals surface area contributed by atoms with E-state index >= 15 is 0 Å². The van der Waals surface area contributed by atoms with Gasteiger partial charge in [-0.2, -0.15) is 13.2 Å². The number of pyridine rings is 1. The lowest BCUT2D eigenvalue weighted by Gasteiger charge is -2.26. The second kappa shape index (κ2) is 7.41. The van der Waals surface area contributed by atoms with E-state index in [1.54, 1.807) is 12.3 Å². The Morgan fingerprint density at radius 2 is 1.89 bits per heavy atom. The van der Waals surface area contributed by atoms with E-state index in [0.717, 1.165) is 16.5 Å². The van der Waals surface area contributed by atoms with Gasteiger partial charge in [0.15, 0.2) is 5.82 Å². The van der Waals surface area contributed by atoms with Crippen LogP contribution in [0.15, 0.2) is 48.8 Å². The highest BCUT2D eigenvalue weighted by molar-refractivity contribution is 5.88. The van der Waals surface area contributed by atoms with Crippen molar-refractivity contribution in [1.82, 2.24) is 20.3 Å². The maximum atomic E-state index is 12.3. The van der Waals surface area contributed by atoms with Gasteiger partial charge in [-0.05, 0) is 44.2 Å². The molecule has 6 nitrogen and oxygen atoms in total. The maximum absolute atomic E-state index is 12.3. The van der Waals surface area contributed by atoms with E-state index in [1.807, 2.05) is 35.6 Å². The number of halogens is 3. The number of nitrogens with zero attached hydrogens (tertiary/aromatic N) is 3. The summed E-state index contributed by atoms with van der Waals surface area (Å²) in [7, 11) is 0. The standard InChI is InChI=1S/C19H18F3N5O.2H2/c1-18(2,17(28)25-11-19(20,21)22)27-15-7-9-24-16(26-15)13-5-6-14-12(10-13)4-3-8-23-14;;/h3-10H,11H2,1-2H3,(H,25,28)(H,24,26,27);2*1H. The predicted octanol–water partition coefficient (Wildman–Crippen LogP) is 4.05. The zero-order valence-electron chi connectivity index (χ0n) is 15.2. The number of benzene rings is 1. The van der Waals surface area contributed by atoms with Gasteiger partial charge in [0.1, 0.15) is 17.9 Å².